The summed E-state index contributed by atoms with van der Waals surface area (Å²) in [5.41, 5.74) is 4.16. The minimum Gasteiger partial charge on any atom is -0.406 e. The van der Waals surface area contributed by atoms with Gasteiger partial charge < -0.3 is 10.2 Å². The number of alkyl halides is 3. The second kappa shape index (κ2) is 5.25. The normalized spacial score (nSPS) is 26.3. The molecule has 1 aromatic carbocycles. The van der Waals surface area contributed by atoms with Crippen molar-refractivity contribution in [3.05, 3.63) is 29.8 Å². The first kappa shape index (κ1) is 15.8. The number of nitrogens with one attached hydrogen (secondary N) is 1. The summed E-state index contributed by atoms with van der Waals surface area (Å²) < 4.78 is 40.4. The quantitative estimate of drug-likeness (QED) is 0.907. The third kappa shape index (κ3) is 3.33. The van der Waals surface area contributed by atoms with Gasteiger partial charge >= 0.3 is 6.36 Å². The monoisotopic (exact) mass is 326 g/mol. The Hall–Kier alpha value is -2.05. The van der Waals surface area contributed by atoms with Gasteiger partial charge in [0.25, 0.3) is 0 Å². The average molecular weight is 326 g/mol. The summed E-state index contributed by atoms with van der Waals surface area (Å²) in [4.78, 5) is 12.4. The lowest BCUT2D eigenvalue weighted by molar-refractivity contribution is -0.274. The third-order valence-electron chi connectivity index (χ3n) is 4.20. The third-order valence-corrected chi connectivity index (χ3v) is 4.20. The summed E-state index contributed by atoms with van der Waals surface area (Å²) in [6.45, 7) is 4.09. The Balaban J connectivity index is 1.79. The van der Waals surface area contributed by atoms with Crippen LogP contribution in [0.4, 0.5) is 13.2 Å². The number of carbonyl (C=O) groups excluding carboxylic acids is 1. The number of Topliss-reactive ketones (excluding diaryl/α,β-unsaturated/α-hetero) is 1. The van der Waals surface area contributed by atoms with Crippen LogP contribution in [0.2, 0.25) is 0 Å². The summed E-state index contributed by atoms with van der Waals surface area (Å²) in [5.74, 6) is -0.511. The highest BCUT2D eigenvalue weighted by atomic mass is 19.4. The smallest absolute Gasteiger partial charge is 0.406 e. The van der Waals surface area contributed by atoms with Crippen molar-refractivity contribution in [2.75, 3.05) is 0 Å². The molecule has 1 fully saturated rings. The molecule has 0 bridgehead atoms. The lowest BCUT2D eigenvalue weighted by Crippen LogP contribution is -2.45. The number of ketones is 1. The number of rotatable bonds is 2. The number of fused-ring (bicyclic) bond motifs is 1. The molecule has 2 aliphatic rings. The molecule has 1 saturated carbocycles. The van der Waals surface area contributed by atoms with E-state index < -0.39 is 6.36 Å². The maximum absolute atomic E-state index is 12.4. The van der Waals surface area contributed by atoms with E-state index in [0.29, 0.717) is 17.7 Å². The Bertz CT molecular complexity index is 650. The number of carbonyl (C=O) groups is 1. The minimum atomic E-state index is -4.72. The van der Waals surface area contributed by atoms with Crippen LogP contribution in [0.1, 0.15) is 32.3 Å². The molecule has 2 atom stereocenters. The summed E-state index contributed by atoms with van der Waals surface area (Å²) in [7, 11) is 0. The van der Waals surface area contributed by atoms with Crippen LogP contribution in [-0.4, -0.2) is 23.9 Å². The fourth-order valence-corrected chi connectivity index (χ4v) is 3.35. The van der Waals surface area contributed by atoms with E-state index in [1.807, 2.05) is 13.8 Å². The van der Waals surface area contributed by atoms with Gasteiger partial charge in [-0.25, -0.2) is 0 Å². The van der Waals surface area contributed by atoms with E-state index in [1.165, 1.54) is 24.3 Å². The van der Waals surface area contributed by atoms with Crippen molar-refractivity contribution >= 4 is 11.5 Å². The molecule has 1 heterocycles. The predicted molar refractivity (Wildman–Crippen MR) is 78.1 cm³/mol. The van der Waals surface area contributed by atoms with Crippen molar-refractivity contribution in [1.82, 2.24) is 5.43 Å². The number of benzene rings is 1. The maximum Gasteiger partial charge on any atom is 0.573 e. The zero-order valence-electron chi connectivity index (χ0n) is 12.8. The van der Waals surface area contributed by atoms with Gasteiger partial charge in [0.1, 0.15) is 11.5 Å². The molecule has 0 spiro atoms. The SMILES string of the molecule is CC1(C)CC(=O)[C@H]2C(c3ccc(OC(F)(F)F)cc3)=NN[C@@H]2C1. The largest absolute Gasteiger partial charge is 0.573 e. The number of hydrogen-bond acceptors (Lipinski definition) is 4. The van der Waals surface area contributed by atoms with Gasteiger partial charge in [-0.2, -0.15) is 5.10 Å². The van der Waals surface area contributed by atoms with E-state index >= 15 is 0 Å². The highest BCUT2D eigenvalue weighted by Gasteiger charge is 2.46. The lowest BCUT2D eigenvalue weighted by atomic mass is 9.68. The van der Waals surface area contributed by atoms with Crippen LogP contribution < -0.4 is 10.2 Å². The molecule has 0 radical (unpaired) electrons. The van der Waals surface area contributed by atoms with Crippen molar-refractivity contribution in [3.63, 3.8) is 0 Å². The van der Waals surface area contributed by atoms with E-state index in [-0.39, 0.29) is 28.9 Å². The van der Waals surface area contributed by atoms with Crippen LogP contribution in [0, 0.1) is 11.3 Å². The molecule has 1 aromatic rings. The van der Waals surface area contributed by atoms with Crippen molar-refractivity contribution < 1.29 is 22.7 Å². The van der Waals surface area contributed by atoms with Crippen molar-refractivity contribution in [3.8, 4) is 5.75 Å². The highest BCUT2D eigenvalue weighted by molar-refractivity contribution is 6.15. The molecule has 1 aliphatic carbocycles. The minimum absolute atomic E-state index is 0.0487. The predicted octanol–water partition coefficient (Wildman–Crippen LogP) is 3.27. The van der Waals surface area contributed by atoms with Crippen LogP contribution in [0.5, 0.6) is 5.75 Å². The molecule has 0 aromatic heterocycles. The molecule has 0 amide bonds. The fourth-order valence-electron chi connectivity index (χ4n) is 3.35. The summed E-state index contributed by atoms with van der Waals surface area (Å²) in [6, 6.07) is 5.41. The van der Waals surface area contributed by atoms with Gasteiger partial charge in [0.05, 0.1) is 17.7 Å². The molecule has 7 heteroatoms. The number of hydrogen-bond donors (Lipinski definition) is 1. The molecule has 1 N–H and O–H groups in total. The zero-order chi connectivity index (χ0) is 16.8. The molecule has 3 rings (SSSR count). The maximum atomic E-state index is 12.4. The number of ether oxygens (including phenoxy) is 1. The molecule has 1 aliphatic heterocycles. The molecular weight excluding hydrogens is 309 g/mol. The molecule has 4 nitrogen and oxygen atoms in total. The summed E-state index contributed by atoms with van der Waals surface area (Å²) in [6.07, 6.45) is -3.42. The summed E-state index contributed by atoms with van der Waals surface area (Å²) in [5, 5.41) is 4.25. The first-order valence-electron chi connectivity index (χ1n) is 7.37. The van der Waals surface area contributed by atoms with E-state index in [4.69, 9.17) is 0 Å². The van der Waals surface area contributed by atoms with Crippen molar-refractivity contribution in [1.29, 1.82) is 0 Å². The van der Waals surface area contributed by atoms with Crippen molar-refractivity contribution in [2.24, 2.45) is 16.4 Å². The molecule has 23 heavy (non-hydrogen) atoms. The van der Waals surface area contributed by atoms with E-state index in [9.17, 15) is 18.0 Å². The van der Waals surface area contributed by atoms with Gasteiger partial charge in [0, 0.05) is 6.42 Å². The Morgan fingerprint density at radius 3 is 2.52 bits per heavy atom. The number of hydrazone groups is 1. The Kier molecular flexibility index (Phi) is 3.61. The molecular formula is C16H17F3N2O2. The van der Waals surface area contributed by atoms with Gasteiger partial charge in [0.2, 0.25) is 0 Å². The average Bonchev–Trinajstić information content (AvgIpc) is 2.80. The van der Waals surface area contributed by atoms with Crippen LogP contribution >= 0.6 is 0 Å². The Morgan fingerprint density at radius 2 is 1.91 bits per heavy atom. The standard InChI is InChI=1S/C16H17F3N2O2/c1-15(2)7-11-13(12(22)8-15)14(21-20-11)9-3-5-10(6-4-9)23-16(17,18)19/h3-6,11,13,20H,7-8H2,1-2H3/t11-,13+/m1/s1. The van der Waals surface area contributed by atoms with E-state index in [2.05, 4.69) is 15.3 Å². The first-order valence-corrected chi connectivity index (χ1v) is 7.37. The van der Waals surface area contributed by atoms with Gasteiger partial charge in [-0.05, 0) is 41.7 Å². The van der Waals surface area contributed by atoms with Gasteiger partial charge in [0.15, 0.2) is 0 Å². The Labute approximate surface area is 131 Å². The topological polar surface area (TPSA) is 50.7 Å². The first-order chi connectivity index (χ1) is 10.6. The van der Waals surface area contributed by atoms with Crippen LogP contribution in [0.25, 0.3) is 0 Å². The summed E-state index contributed by atoms with van der Waals surface area (Å²) >= 11 is 0. The Morgan fingerprint density at radius 1 is 1.26 bits per heavy atom. The fraction of sp³-hybridized carbons (Fsp3) is 0.500. The second-order valence-electron chi connectivity index (χ2n) is 6.79. The van der Waals surface area contributed by atoms with Gasteiger partial charge in [-0.15, -0.1) is 13.2 Å². The van der Waals surface area contributed by atoms with Gasteiger partial charge in [-0.3, -0.25) is 4.79 Å². The van der Waals surface area contributed by atoms with E-state index in [1.54, 1.807) is 0 Å². The van der Waals surface area contributed by atoms with E-state index in [0.717, 1.165) is 6.42 Å². The highest BCUT2D eigenvalue weighted by Crippen LogP contribution is 2.39. The second-order valence-corrected chi connectivity index (χ2v) is 6.79. The zero-order valence-corrected chi connectivity index (χ0v) is 12.8. The van der Waals surface area contributed by atoms with Crippen LogP contribution in [-0.2, 0) is 4.79 Å². The molecule has 0 unspecified atom stereocenters. The number of halogens is 3. The van der Waals surface area contributed by atoms with Crippen LogP contribution in [0.15, 0.2) is 29.4 Å². The molecule has 0 saturated heterocycles. The number of nitrogens with zero attached hydrogens (tertiary/aromatic N) is 1. The van der Waals surface area contributed by atoms with Crippen LogP contribution in [0.3, 0.4) is 0 Å². The van der Waals surface area contributed by atoms with Crippen molar-refractivity contribution in [2.45, 2.75) is 39.1 Å². The molecule has 124 valence electrons. The lowest BCUT2D eigenvalue weighted by Gasteiger charge is -2.36. The van der Waals surface area contributed by atoms with Gasteiger partial charge in [-0.1, -0.05) is 13.8 Å².